The molecule has 110 valence electrons. The molecule has 0 unspecified atom stereocenters. The monoisotopic (exact) mass is 313 g/mol. The van der Waals surface area contributed by atoms with Crippen molar-refractivity contribution in [1.82, 2.24) is 14.5 Å². The van der Waals surface area contributed by atoms with Gasteiger partial charge in [0, 0.05) is 17.5 Å². The van der Waals surface area contributed by atoms with Crippen molar-refractivity contribution in [2.75, 3.05) is 0 Å². The lowest BCUT2D eigenvalue weighted by Gasteiger charge is -2.25. The molecule has 0 saturated heterocycles. The molecule has 0 bridgehead atoms. The number of hydrogen-bond donors (Lipinski definition) is 1. The highest BCUT2D eigenvalue weighted by Crippen LogP contribution is 2.26. The molecule has 0 spiro atoms. The summed E-state index contributed by atoms with van der Waals surface area (Å²) in [4.78, 5) is 1.32. The van der Waals surface area contributed by atoms with Crippen molar-refractivity contribution in [3.63, 3.8) is 0 Å². The largest absolute Gasteiger partial charge is 0.281 e. The predicted molar refractivity (Wildman–Crippen MR) is 80.2 cm³/mol. The SMILES string of the molecule is Cc1n[nH]c(C)c1S(=O)(=O)N(Cc1cccs1)C(C)C. The number of sulfonamides is 1. The summed E-state index contributed by atoms with van der Waals surface area (Å²) < 4.78 is 27.3. The van der Waals surface area contributed by atoms with E-state index >= 15 is 0 Å². The first-order valence-corrected chi connectivity index (χ1v) is 8.71. The molecule has 7 heteroatoms. The van der Waals surface area contributed by atoms with E-state index in [4.69, 9.17) is 0 Å². The summed E-state index contributed by atoms with van der Waals surface area (Å²) in [5, 5.41) is 8.69. The molecule has 0 atom stereocenters. The molecule has 0 aromatic carbocycles. The second-order valence-electron chi connectivity index (χ2n) is 4.99. The summed E-state index contributed by atoms with van der Waals surface area (Å²) >= 11 is 1.56. The Hall–Kier alpha value is -1.18. The first kappa shape index (κ1) is 15.2. The van der Waals surface area contributed by atoms with Gasteiger partial charge in [-0.2, -0.15) is 9.40 Å². The summed E-state index contributed by atoms with van der Waals surface area (Å²) in [6.07, 6.45) is 0. The Balaban J connectivity index is 2.43. The van der Waals surface area contributed by atoms with Crippen LogP contribution >= 0.6 is 11.3 Å². The maximum absolute atomic E-state index is 12.9. The molecule has 0 saturated carbocycles. The van der Waals surface area contributed by atoms with Crippen LogP contribution in [0.3, 0.4) is 0 Å². The average molecular weight is 313 g/mol. The van der Waals surface area contributed by atoms with E-state index in [9.17, 15) is 8.42 Å². The van der Waals surface area contributed by atoms with Gasteiger partial charge in [0.05, 0.1) is 11.4 Å². The second kappa shape index (κ2) is 5.67. The van der Waals surface area contributed by atoms with Gasteiger partial charge in [0.1, 0.15) is 4.90 Å². The highest BCUT2D eigenvalue weighted by Gasteiger charge is 2.31. The smallest absolute Gasteiger partial charge is 0.247 e. The lowest BCUT2D eigenvalue weighted by molar-refractivity contribution is 0.350. The molecular weight excluding hydrogens is 294 g/mol. The van der Waals surface area contributed by atoms with Crippen LogP contribution in [0, 0.1) is 13.8 Å². The zero-order chi connectivity index (χ0) is 14.9. The minimum Gasteiger partial charge on any atom is -0.281 e. The highest BCUT2D eigenvalue weighted by atomic mass is 32.2. The van der Waals surface area contributed by atoms with E-state index in [1.54, 1.807) is 25.2 Å². The number of nitrogens with zero attached hydrogens (tertiary/aromatic N) is 2. The average Bonchev–Trinajstić information content (AvgIpc) is 2.95. The van der Waals surface area contributed by atoms with Gasteiger partial charge >= 0.3 is 0 Å². The van der Waals surface area contributed by atoms with Crippen LogP contribution in [0.15, 0.2) is 22.4 Å². The van der Waals surface area contributed by atoms with Crippen molar-refractivity contribution in [3.8, 4) is 0 Å². The van der Waals surface area contributed by atoms with E-state index in [0.717, 1.165) is 4.88 Å². The molecule has 0 fully saturated rings. The second-order valence-corrected chi connectivity index (χ2v) is 7.85. The summed E-state index contributed by atoms with van der Waals surface area (Å²) in [6.45, 7) is 7.60. The maximum Gasteiger partial charge on any atom is 0.247 e. The van der Waals surface area contributed by atoms with E-state index in [1.165, 1.54) is 4.31 Å². The fraction of sp³-hybridized carbons (Fsp3) is 0.462. The maximum atomic E-state index is 12.9. The van der Waals surface area contributed by atoms with Gasteiger partial charge in [-0.25, -0.2) is 8.42 Å². The van der Waals surface area contributed by atoms with Crippen molar-refractivity contribution < 1.29 is 8.42 Å². The Morgan fingerprint density at radius 2 is 2.10 bits per heavy atom. The predicted octanol–water partition coefficient (Wildman–Crippen LogP) is 2.69. The van der Waals surface area contributed by atoms with Gasteiger partial charge in [0.25, 0.3) is 0 Å². The van der Waals surface area contributed by atoms with Crippen molar-refractivity contribution in [1.29, 1.82) is 0 Å². The molecule has 1 N–H and O–H groups in total. The molecule has 5 nitrogen and oxygen atoms in total. The zero-order valence-electron chi connectivity index (χ0n) is 12.0. The van der Waals surface area contributed by atoms with Crippen LogP contribution in [0.25, 0.3) is 0 Å². The van der Waals surface area contributed by atoms with E-state index in [-0.39, 0.29) is 6.04 Å². The third-order valence-electron chi connectivity index (χ3n) is 3.09. The van der Waals surface area contributed by atoms with Crippen molar-refractivity contribution in [3.05, 3.63) is 33.8 Å². The molecule has 0 aliphatic carbocycles. The Kier molecular flexibility index (Phi) is 4.31. The topological polar surface area (TPSA) is 66.1 Å². The van der Waals surface area contributed by atoms with Crippen LogP contribution in [0.1, 0.15) is 30.1 Å². The van der Waals surface area contributed by atoms with Gasteiger partial charge in [0.15, 0.2) is 0 Å². The number of thiophene rings is 1. The third kappa shape index (κ3) is 2.79. The minimum atomic E-state index is -3.55. The van der Waals surface area contributed by atoms with Crippen molar-refractivity contribution in [2.45, 2.75) is 45.2 Å². The summed E-state index contributed by atoms with van der Waals surface area (Å²) in [5.41, 5.74) is 1.10. The third-order valence-corrected chi connectivity index (χ3v) is 6.24. The van der Waals surface area contributed by atoms with Crippen LogP contribution in [-0.2, 0) is 16.6 Å². The number of hydrogen-bond acceptors (Lipinski definition) is 4. The minimum absolute atomic E-state index is 0.115. The number of aromatic nitrogens is 2. The van der Waals surface area contributed by atoms with Crippen LogP contribution < -0.4 is 0 Å². The van der Waals surface area contributed by atoms with E-state index < -0.39 is 10.0 Å². The fourth-order valence-electron chi connectivity index (χ4n) is 2.14. The Morgan fingerprint density at radius 1 is 1.40 bits per heavy atom. The molecule has 2 heterocycles. The lowest BCUT2D eigenvalue weighted by atomic mass is 10.4. The number of rotatable bonds is 5. The number of aromatic amines is 1. The molecule has 2 aromatic heterocycles. The van der Waals surface area contributed by atoms with Gasteiger partial charge in [-0.15, -0.1) is 11.3 Å². The summed E-state index contributed by atoms with van der Waals surface area (Å²) in [5.74, 6) is 0. The molecular formula is C13H19N3O2S2. The van der Waals surface area contributed by atoms with E-state index in [1.807, 2.05) is 31.4 Å². The van der Waals surface area contributed by atoms with Crippen LogP contribution in [-0.4, -0.2) is 29.0 Å². The van der Waals surface area contributed by atoms with Gasteiger partial charge in [-0.1, -0.05) is 6.07 Å². The van der Waals surface area contributed by atoms with Gasteiger partial charge in [-0.05, 0) is 39.1 Å². The molecule has 0 aliphatic heterocycles. The van der Waals surface area contributed by atoms with Crippen LogP contribution in [0.2, 0.25) is 0 Å². The quantitative estimate of drug-likeness (QED) is 0.923. The molecule has 20 heavy (non-hydrogen) atoms. The number of H-pyrrole nitrogens is 1. The summed E-state index contributed by atoms with van der Waals surface area (Å²) in [7, 11) is -3.55. The zero-order valence-corrected chi connectivity index (χ0v) is 13.7. The Bertz CT molecular complexity index is 653. The first-order chi connectivity index (χ1) is 9.34. The van der Waals surface area contributed by atoms with Crippen LogP contribution in [0.5, 0.6) is 0 Å². The number of nitrogens with one attached hydrogen (secondary N) is 1. The molecule has 0 radical (unpaired) electrons. The lowest BCUT2D eigenvalue weighted by Crippen LogP contribution is -2.36. The first-order valence-electron chi connectivity index (χ1n) is 6.40. The van der Waals surface area contributed by atoms with Gasteiger partial charge in [0.2, 0.25) is 10.0 Å². The van der Waals surface area contributed by atoms with E-state index in [2.05, 4.69) is 10.2 Å². The van der Waals surface area contributed by atoms with Crippen molar-refractivity contribution in [2.24, 2.45) is 0 Å². The van der Waals surface area contributed by atoms with E-state index in [0.29, 0.717) is 22.8 Å². The molecule has 2 rings (SSSR count). The van der Waals surface area contributed by atoms with Gasteiger partial charge in [-0.3, -0.25) is 5.10 Å². The summed E-state index contributed by atoms with van der Waals surface area (Å²) in [6, 6.07) is 3.76. The number of aryl methyl sites for hydroxylation is 2. The van der Waals surface area contributed by atoms with Gasteiger partial charge < -0.3 is 0 Å². The van der Waals surface area contributed by atoms with Crippen LogP contribution in [0.4, 0.5) is 0 Å². The normalized spacial score (nSPS) is 12.5. The molecule has 0 amide bonds. The molecule has 0 aliphatic rings. The standard InChI is InChI=1S/C13H19N3O2S2/c1-9(2)16(8-12-6-5-7-19-12)20(17,18)13-10(3)14-15-11(13)4/h5-7,9H,8H2,1-4H3,(H,14,15). The Labute approximate surface area is 123 Å². The van der Waals surface area contributed by atoms with Crippen molar-refractivity contribution >= 4 is 21.4 Å². The highest BCUT2D eigenvalue weighted by molar-refractivity contribution is 7.89. The Morgan fingerprint density at radius 3 is 2.55 bits per heavy atom. The fourth-order valence-corrected chi connectivity index (χ4v) is 4.87. The molecule has 2 aromatic rings.